The van der Waals surface area contributed by atoms with Crippen LogP contribution in [0.2, 0.25) is 10.0 Å². The van der Waals surface area contributed by atoms with Gasteiger partial charge in [-0.3, -0.25) is 4.79 Å². The first-order valence-electron chi connectivity index (χ1n) is 8.32. The van der Waals surface area contributed by atoms with Crippen LogP contribution in [0.5, 0.6) is 5.75 Å². The van der Waals surface area contributed by atoms with Gasteiger partial charge in [0.2, 0.25) is 10.0 Å². The Balaban J connectivity index is 1.73. The van der Waals surface area contributed by atoms with Crippen LogP contribution in [-0.2, 0) is 10.0 Å². The summed E-state index contributed by atoms with van der Waals surface area (Å²) in [5, 5.41) is 0.329. The Morgan fingerprint density at radius 3 is 2.36 bits per heavy atom. The highest BCUT2D eigenvalue weighted by atomic mass is 35.5. The average Bonchev–Trinajstić information content (AvgIpc) is 2.69. The van der Waals surface area contributed by atoms with Gasteiger partial charge in [-0.1, -0.05) is 23.2 Å². The standard InChI is InChI=1S/C18H17Cl2FN2O4S/c1-27-13-3-4-14(16(21)11-13)18(24)22-6-8-23(9-7-22)28(25,26)17-10-12(19)2-5-15(17)20/h2-5,10-11H,6-9H2,1H3. The summed E-state index contributed by atoms with van der Waals surface area (Å²) in [7, 11) is -2.45. The van der Waals surface area contributed by atoms with Gasteiger partial charge in [-0.2, -0.15) is 4.31 Å². The molecule has 0 unspecified atom stereocenters. The van der Waals surface area contributed by atoms with Crippen LogP contribution in [0, 0.1) is 5.82 Å². The van der Waals surface area contributed by atoms with Crippen LogP contribution >= 0.6 is 23.2 Å². The van der Waals surface area contributed by atoms with Crippen molar-refractivity contribution >= 4 is 39.1 Å². The summed E-state index contributed by atoms with van der Waals surface area (Å²) in [6.07, 6.45) is 0. The average molecular weight is 447 g/mol. The topological polar surface area (TPSA) is 66.9 Å². The van der Waals surface area contributed by atoms with Gasteiger partial charge < -0.3 is 9.64 Å². The van der Waals surface area contributed by atoms with Gasteiger partial charge in [0.1, 0.15) is 16.5 Å². The minimum Gasteiger partial charge on any atom is -0.497 e. The Morgan fingerprint density at radius 2 is 1.75 bits per heavy atom. The zero-order valence-electron chi connectivity index (χ0n) is 14.9. The van der Waals surface area contributed by atoms with Gasteiger partial charge in [-0.05, 0) is 30.3 Å². The largest absolute Gasteiger partial charge is 0.497 e. The first kappa shape index (κ1) is 20.9. The maximum Gasteiger partial charge on any atom is 0.256 e. The summed E-state index contributed by atoms with van der Waals surface area (Å²) in [4.78, 5) is 13.9. The van der Waals surface area contributed by atoms with Crippen LogP contribution in [0.4, 0.5) is 4.39 Å². The van der Waals surface area contributed by atoms with E-state index in [0.29, 0.717) is 5.75 Å². The van der Waals surface area contributed by atoms with Crippen LogP contribution in [0.25, 0.3) is 0 Å². The summed E-state index contributed by atoms with van der Waals surface area (Å²) in [5.41, 5.74) is -0.0880. The molecule has 1 saturated heterocycles. The Bertz CT molecular complexity index is 1010. The van der Waals surface area contributed by atoms with Gasteiger partial charge >= 0.3 is 0 Å². The molecular weight excluding hydrogens is 430 g/mol. The van der Waals surface area contributed by atoms with Gasteiger partial charge in [0.25, 0.3) is 5.91 Å². The summed E-state index contributed by atoms with van der Waals surface area (Å²) >= 11 is 11.9. The van der Waals surface area contributed by atoms with Crippen molar-refractivity contribution in [2.45, 2.75) is 4.90 Å². The van der Waals surface area contributed by atoms with E-state index in [1.165, 1.54) is 46.6 Å². The van der Waals surface area contributed by atoms with E-state index in [9.17, 15) is 17.6 Å². The van der Waals surface area contributed by atoms with Gasteiger partial charge in [0.05, 0.1) is 17.7 Å². The van der Waals surface area contributed by atoms with E-state index in [4.69, 9.17) is 27.9 Å². The summed E-state index contributed by atoms with van der Waals surface area (Å²) < 4.78 is 46.0. The summed E-state index contributed by atoms with van der Waals surface area (Å²) in [5.74, 6) is -0.883. The molecule has 1 amide bonds. The van der Waals surface area contributed by atoms with Crippen molar-refractivity contribution in [2.75, 3.05) is 33.3 Å². The number of benzene rings is 2. The number of sulfonamides is 1. The van der Waals surface area contributed by atoms with Crippen LogP contribution in [0.3, 0.4) is 0 Å². The minimum atomic E-state index is -3.86. The third-order valence-electron chi connectivity index (χ3n) is 4.44. The summed E-state index contributed by atoms with van der Waals surface area (Å²) in [6.45, 7) is 0.382. The van der Waals surface area contributed by atoms with Crippen molar-refractivity contribution in [2.24, 2.45) is 0 Å². The fraction of sp³-hybridized carbons (Fsp3) is 0.278. The smallest absolute Gasteiger partial charge is 0.256 e. The van der Waals surface area contributed by atoms with Gasteiger partial charge in [-0.25, -0.2) is 12.8 Å². The van der Waals surface area contributed by atoms with E-state index in [1.54, 1.807) is 0 Å². The van der Waals surface area contributed by atoms with Crippen molar-refractivity contribution in [1.29, 1.82) is 0 Å². The molecule has 6 nitrogen and oxygen atoms in total. The molecule has 1 aliphatic heterocycles. The second kappa shape index (κ2) is 8.24. The molecule has 3 rings (SSSR count). The van der Waals surface area contributed by atoms with Crippen molar-refractivity contribution < 1.29 is 22.3 Å². The zero-order valence-corrected chi connectivity index (χ0v) is 17.2. The maximum atomic E-state index is 14.2. The molecule has 0 spiro atoms. The monoisotopic (exact) mass is 446 g/mol. The van der Waals surface area contributed by atoms with Crippen LogP contribution < -0.4 is 4.74 Å². The molecular formula is C18H17Cl2FN2O4S. The highest BCUT2D eigenvalue weighted by molar-refractivity contribution is 7.89. The lowest BCUT2D eigenvalue weighted by Crippen LogP contribution is -2.50. The Kier molecular flexibility index (Phi) is 6.14. The molecule has 0 aliphatic carbocycles. The third-order valence-corrected chi connectivity index (χ3v) is 7.06. The van der Waals surface area contributed by atoms with Crippen LogP contribution in [-0.4, -0.2) is 56.8 Å². The fourth-order valence-electron chi connectivity index (χ4n) is 2.91. The van der Waals surface area contributed by atoms with E-state index in [0.717, 1.165) is 6.07 Å². The summed E-state index contributed by atoms with van der Waals surface area (Å²) in [6, 6.07) is 8.20. The molecule has 0 atom stereocenters. The normalized spacial score (nSPS) is 15.5. The lowest BCUT2D eigenvalue weighted by molar-refractivity contribution is 0.0693. The predicted molar refractivity (Wildman–Crippen MR) is 104 cm³/mol. The molecule has 0 bridgehead atoms. The second-order valence-corrected chi connectivity index (χ2v) is 8.87. The molecule has 0 saturated carbocycles. The molecule has 1 aliphatic rings. The number of amides is 1. The molecule has 10 heteroatoms. The van der Waals surface area contributed by atoms with Crippen molar-refractivity contribution in [3.63, 3.8) is 0 Å². The van der Waals surface area contributed by atoms with E-state index in [1.807, 2.05) is 0 Å². The third kappa shape index (κ3) is 4.10. The van der Waals surface area contributed by atoms with Crippen molar-refractivity contribution in [3.05, 3.63) is 57.8 Å². The van der Waals surface area contributed by atoms with Crippen molar-refractivity contribution in [1.82, 2.24) is 9.21 Å². The van der Waals surface area contributed by atoms with Crippen LogP contribution in [0.1, 0.15) is 10.4 Å². The molecule has 28 heavy (non-hydrogen) atoms. The number of hydrogen-bond acceptors (Lipinski definition) is 4. The second-order valence-electron chi connectivity index (χ2n) is 6.12. The predicted octanol–water partition coefficient (Wildman–Crippen LogP) is 3.29. The minimum absolute atomic E-state index is 0.0642. The first-order valence-corrected chi connectivity index (χ1v) is 10.5. The number of nitrogens with zero attached hydrogens (tertiary/aromatic N) is 2. The molecule has 0 radical (unpaired) electrons. The highest BCUT2D eigenvalue weighted by Gasteiger charge is 2.32. The number of carbonyl (C=O) groups is 1. The number of rotatable bonds is 4. The Morgan fingerprint density at radius 1 is 1.07 bits per heavy atom. The van der Waals surface area contributed by atoms with E-state index in [2.05, 4.69) is 0 Å². The van der Waals surface area contributed by atoms with Gasteiger partial charge in [0.15, 0.2) is 0 Å². The highest BCUT2D eigenvalue weighted by Crippen LogP contribution is 2.28. The molecule has 0 N–H and O–H groups in total. The van der Waals surface area contributed by atoms with Gasteiger partial charge in [-0.15, -0.1) is 0 Å². The van der Waals surface area contributed by atoms with Crippen molar-refractivity contribution in [3.8, 4) is 5.75 Å². The maximum absolute atomic E-state index is 14.2. The van der Waals surface area contributed by atoms with E-state index in [-0.39, 0.29) is 46.7 Å². The zero-order chi connectivity index (χ0) is 20.5. The first-order chi connectivity index (χ1) is 13.2. The SMILES string of the molecule is COc1ccc(C(=O)N2CCN(S(=O)(=O)c3cc(Cl)ccc3Cl)CC2)c(F)c1. The van der Waals surface area contributed by atoms with E-state index >= 15 is 0 Å². The molecule has 2 aromatic rings. The number of piperazine rings is 1. The Hall–Kier alpha value is -1.87. The number of hydrogen-bond donors (Lipinski definition) is 0. The van der Waals surface area contributed by atoms with Gasteiger partial charge in [0, 0.05) is 37.3 Å². The molecule has 2 aromatic carbocycles. The molecule has 1 fully saturated rings. The number of carbonyl (C=O) groups excluding carboxylic acids is 1. The lowest BCUT2D eigenvalue weighted by Gasteiger charge is -2.34. The number of methoxy groups -OCH3 is 1. The Labute approximate surface area is 172 Å². The molecule has 1 heterocycles. The number of halogens is 3. The molecule has 0 aromatic heterocycles. The van der Waals surface area contributed by atoms with E-state index < -0.39 is 21.7 Å². The quantitative estimate of drug-likeness (QED) is 0.722. The van der Waals surface area contributed by atoms with Crippen LogP contribution in [0.15, 0.2) is 41.3 Å². The molecule has 150 valence electrons. The number of ether oxygens (including phenoxy) is 1. The fourth-order valence-corrected chi connectivity index (χ4v) is 5.07. The lowest BCUT2D eigenvalue weighted by atomic mass is 10.1.